The molecule has 0 saturated heterocycles. The number of nitrogens with zero attached hydrogens (tertiary/aromatic N) is 1. The first-order valence-electron chi connectivity index (χ1n) is 3.89. The van der Waals surface area contributed by atoms with Gasteiger partial charge < -0.3 is 5.32 Å². The molecular weight excluding hydrogens is 136 g/mol. The van der Waals surface area contributed by atoms with Crippen LogP contribution in [0.1, 0.15) is 12.8 Å². The van der Waals surface area contributed by atoms with Gasteiger partial charge in [0.15, 0.2) is 0 Å². The van der Waals surface area contributed by atoms with Crippen LogP contribution in [0.2, 0.25) is 0 Å². The number of hydrogen-bond acceptors (Lipinski definition) is 2. The fourth-order valence-electron chi connectivity index (χ4n) is 1.40. The maximum atomic E-state index is 8.86. The van der Waals surface area contributed by atoms with Crippen molar-refractivity contribution in [3.05, 3.63) is 23.9 Å². The van der Waals surface area contributed by atoms with E-state index in [-0.39, 0.29) is 5.41 Å². The molecule has 2 nitrogen and oxygen atoms in total. The number of nitrogens with one attached hydrogen (secondary N) is 1. The zero-order chi connectivity index (χ0) is 7.73. The highest BCUT2D eigenvalue weighted by Gasteiger charge is 2.45. The summed E-state index contributed by atoms with van der Waals surface area (Å²) in [6.07, 6.45) is 8.13. The molecule has 0 atom stereocenters. The average Bonchev–Trinajstić information content (AvgIpc) is 2.86. The molecule has 1 heterocycles. The van der Waals surface area contributed by atoms with Crippen LogP contribution < -0.4 is 5.32 Å². The lowest BCUT2D eigenvalue weighted by atomic mass is 9.96. The highest BCUT2D eigenvalue weighted by molar-refractivity contribution is 5.40. The summed E-state index contributed by atoms with van der Waals surface area (Å²) in [5.41, 5.74) is 1.11. The molecule has 0 aromatic heterocycles. The first-order chi connectivity index (χ1) is 5.37. The molecule has 0 amide bonds. The zero-order valence-electron chi connectivity index (χ0n) is 6.30. The van der Waals surface area contributed by atoms with Crippen molar-refractivity contribution in [2.45, 2.75) is 12.8 Å². The Kier molecular flexibility index (Phi) is 1.25. The second-order valence-corrected chi connectivity index (χ2v) is 3.09. The highest BCUT2D eigenvalue weighted by Crippen LogP contribution is 2.51. The molecule has 1 fully saturated rings. The number of allylic oxidation sites excluding steroid dienone is 2. The summed E-state index contributed by atoms with van der Waals surface area (Å²) in [6, 6.07) is 2.37. The van der Waals surface area contributed by atoms with Gasteiger partial charge in [0.2, 0.25) is 0 Å². The predicted octanol–water partition coefficient (Wildman–Crippen LogP) is 1.33. The van der Waals surface area contributed by atoms with Gasteiger partial charge in [-0.2, -0.15) is 5.26 Å². The quantitative estimate of drug-likeness (QED) is 0.605. The minimum absolute atomic E-state index is 0.0986. The number of hydrogen-bond donors (Lipinski definition) is 1. The summed E-state index contributed by atoms with van der Waals surface area (Å²) >= 11 is 0. The summed E-state index contributed by atoms with van der Waals surface area (Å²) in [7, 11) is 0. The van der Waals surface area contributed by atoms with E-state index >= 15 is 0 Å². The highest BCUT2D eigenvalue weighted by atomic mass is 14.8. The van der Waals surface area contributed by atoms with Gasteiger partial charge >= 0.3 is 0 Å². The van der Waals surface area contributed by atoms with E-state index in [9.17, 15) is 0 Å². The smallest absolute Gasteiger partial charge is 0.0821 e. The van der Waals surface area contributed by atoms with E-state index in [1.54, 1.807) is 0 Å². The molecule has 1 aliphatic heterocycles. The minimum atomic E-state index is -0.0986. The SMILES string of the molecule is N#CC1(C2=CCNC=C2)CC1. The van der Waals surface area contributed by atoms with Crippen LogP contribution in [0.4, 0.5) is 0 Å². The average molecular weight is 146 g/mol. The molecular formula is C9H10N2. The van der Waals surface area contributed by atoms with Crippen molar-refractivity contribution in [3.8, 4) is 6.07 Å². The monoisotopic (exact) mass is 146 g/mol. The summed E-state index contributed by atoms with van der Waals surface area (Å²) in [5.74, 6) is 0. The maximum absolute atomic E-state index is 8.86. The molecule has 0 aromatic carbocycles. The van der Waals surface area contributed by atoms with E-state index in [1.165, 1.54) is 5.57 Å². The van der Waals surface area contributed by atoms with Gasteiger partial charge in [-0.3, -0.25) is 0 Å². The predicted molar refractivity (Wildman–Crippen MR) is 42.5 cm³/mol. The van der Waals surface area contributed by atoms with Gasteiger partial charge in [0.25, 0.3) is 0 Å². The lowest BCUT2D eigenvalue weighted by Crippen LogP contribution is -2.12. The summed E-state index contributed by atoms with van der Waals surface area (Å²) < 4.78 is 0. The fraction of sp³-hybridized carbons (Fsp3) is 0.444. The maximum Gasteiger partial charge on any atom is 0.0821 e. The van der Waals surface area contributed by atoms with Crippen molar-refractivity contribution >= 4 is 0 Å². The summed E-state index contributed by atoms with van der Waals surface area (Å²) in [6.45, 7) is 0.870. The molecule has 0 bridgehead atoms. The van der Waals surface area contributed by atoms with Crippen LogP contribution in [0.25, 0.3) is 0 Å². The molecule has 0 spiro atoms. The third-order valence-corrected chi connectivity index (χ3v) is 2.34. The van der Waals surface area contributed by atoms with Crippen molar-refractivity contribution in [2.24, 2.45) is 5.41 Å². The third kappa shape index (κ3) is 0.932. The van der Waals surface area contributed by atoms with Crippen LogP contribution in [0.3, 0.4) is 0 Å². The minimum Gasteiger partial charge on any atom is -0.387 e. The van der Waals surface area contributed by atoms with Crippen LogP contribution in [0.5, 0.6) is 0 Å². The first kappa shape index (κ1) is 6.48. The van der Waals surface area contributed by atoms with E-state index in [2.05, 4.69) is 17.5 Å². The number of nitriles is 1. The van der Waals surface area contributed by atoms with Crippen molar-refractivity contribution in [1.29, 1.82) is 5.26 Å². The number of rotatable bonds is 1. The fourth-order valence-corrected chi connectivity index (χ4v) is 1.40. The molecule has 1 N–H and O–H groups in total. The van der Waals surface area contributed by atoms with Gasteiger partial charge in [0.05, 0.1) is 11.5 Å². The van der Waals surface area contributed by atoms with Gasteiger partial charge in [-0.1, -0.05) is 6.08 Å². The van der Waals surface area contributed by atoms with Gasteiger partial charge in [0, 0.05) is 6.54 Å². The molecule has 2 aliphatic rings. The normalized spacial score (nSPS) is 24.8. The molecule has 56 valence electrons. The Labute approximate surface area is 66.2 Å². The van der Waals surface area contributed by atoms with Crippen LogP contribution >= 0.6 is 0 Å². The Morgan fingerprint density at radius 1 is 1.55 bits per heavy atom. The van der Waals surface area contributed by atoms with Crippen molar-refractivity contribution in [2.75, 3.05) is 6.54 Å². The van der Waals surface area contributed by atoms with Crippen LogP contribution in [-0.4, -0.2) is 6.54 Å². The molecule has 1 saturated carbocycles. The molecule has 11 heavy (non-hydrogen) atoms. The van der Waals surface area contributed by atoms with E-state index in [1.807, 2.05) is 12.3 Å². The Hall–Kier alpha value is -1.23. The van der Waals surface area contributed by atoms with Crippen molar-refractivity contribution < 1.29 is 0 Å². The second kappa shape index (κ2) is 2.13. The molecule has 1 aliphatic carbocycles. The van der Waals surface area contributed by atoms with Gasteiger partial charge in [-0.25, -0.2) is 0 Å². The van der Waals surface area contributed by atoms with Crippen LogP contribution in [-0.2, 0) is 0 Å². The van der Waals surface area contributed by atoms with Crippen molar-refractivity contribution in [3.63, 3.8) is 0 Å². The third-order valence-electron chi connectivity index (χ3n) is 2.34. The van der Waals surface area contributed by atoms with Gasteiger partial charge in [-0.15, -0.1) is 0 Å². The van der Waals surface area contributed by atoms with Crippen LogP contribution in [0, 0.1) is 16.7 Å². The zero-order valence-corrected chi connectivity index (χ0v) is 6.30. The van der Waals surface area contributed by atoms with Gasteiger partial charge in [0.1, 0.15) is 0 Å². The lowest BCUT2D eigenvalue weighted by molar-refractivity contribution is 0.799. The molecule has 2 heteroatoms. The first-order valence-corrected chi connectivity index (χ1v) is 3.89. The Bertz CT molecular complexity index is 264. The Morgan fingerprint density at radius 2 is 2.36 bits per heavy atom. The topological polar surface area (TPSA) is 35.8 Å². The Morgan fingerprint density at radius 3 is 2.82 bits per heavy atom. The van der Waals surface area contributed by atoms with E-state index in [0.717, 1.165) is 19.4 Å². The molecule has 0 radical (unpaired) electrons. The largest absolute Gasteiger partial charge is 0.387 e. The molecule has 0 unspecified atom stereocenters. The van der Waals surface area contributed by atoms with E-state index in [0.29, 0.717) is 0 Å². The molecule has 2 rings (SSSR count). The summed E-state index contributed by atoms with van der Waals surface area (Å²) in [4.78, 5) is 0. The molecule has 0 aromatic rings. The number of dihydropyridines is 1. The Balaban J connectivity index is 2.23. The van der Waals surface area contributed by atoms with E-state index < -0.39 is 0 Å². The van der Waals surface area contributed by atoms with E-state index in [4.69, 9.17) is 5.26 Å². The van der Waals surface area contributed by atoms with Crippen molar-refractivity contribution in [1.82, 2.24) is 5.32 Å². The standard InChI is InChI=1S/C9H10N2/c10-7-9(3-4-9)8-1-5-11-6-2-8/h1-2,5,11H,3-4,6H2. The van der Waals surface area contributed by atoms with Gasteiger partial charge in [-0.05, 0) is 30.7 Å². The lowest BCUT2D eigenvalue weighted by Gasteiger charge is -2.11. The van der Waals surface area contributed by atoms with Crippen LogP contribution in [0.15, 0.2) is 23.9 Å². The summed E-state index contributed by atoms with van der Waals surface area (Å²) in [5, 5.41) is 11.9. The second-order valence-electron chi connectivity index (χ2n) is 3.09.